The summed E-state index contributed by atoms with van der Waals surface area (Å²) in [6.45, 7) is 0.738. The molecule has 0 amide bonds. The van der Waals surface area contributed by atoms with Crippen molar-refractivity contribution in [3.05, 3.63) is 95.3 Å². The third-order valence-corrected chi connectivity index (χ3v) is 4.81. The monoisotopic (exact) mass is 354 g/mol. The predicted molar refractivity (Wildman–Crippen MR) is 95.0 cm³/mol. The number of aromatic nitrogens is 1. The molecule has 5 heteroatoms. The second-order valence-corrected chi connectivity index (χ2v) is 6.38. The maximum absolute atomic E-state index is 12.9. The van der Waals surface area contributed by atoms with Gasteiger partial charge in [-0.25, -0.2) is 0 Å². The summed E-state index contributed by atoms with van der Waals surface area (Å²) in [5.74, 6) is 0. The van der Waals surface area contributed by atoms with E-state index in [1.54, 1.807) is 18.3 Å². The van der Waals surface area contributed by atoms with Gasteiger partial charge in [0.1, 0.15) is 0 Å². The Balaban J connectivity index is 1.78. The van der Waals surface area contributed by atoms with Crippen LogP contribution in [0.5, 0.6) is 0 Å². The molecule has 4 rings (SSSR count). The number of pyridine rings is 1. The molecule has 0 N–H and O–H groups in total. The second kappa shape index (κ2) is 6.48. The molecule has 0 radical (unpaired) electrons. The average Bonchev–Trinajstić information content (AvgIpc) is 2.67. The molecule has 2 aromatic carbocycles. The highest BCUT2D eigenvalue weighted by Gasteiger charge is 2.32. The SMILES string of the molecule is FC(F)(F)c1ccc(N2CCc3ccccc3C2c2cccnc2)cc1. The zero-order chi connectivity index (χ0) is 18.1. The van der Waals surface area contributed by atoms with E-state index in [0.717, 1.165) is 36.3 Å². The minimum Gasteiger partial charge on any atom is -0.360 e. The normalized spacial score (nSPS) is 17.0. The Morgan fingerprint density at radius 3 is 2.38 bits per heavy atom. The Hall–Kier alpha value is -2.82. The molecule has 0 saturated heterocycles. The van der Waals surface area contributed by atoms with Crippen molar-refractivity contribution in [2.75, 3.05) is 11.4 Å². The van der Waals surface area contributed by atoms with E-state index in [2.05, 4.69) is 22.0 Å². The van der Waals surface area contributed by atoms with E-state index < -0.39 is 11.7 Å². The van der Waals surface area contributed by atoms with Crippen LogP contribution in [0.2, 0.25) is 0 Å². The Bertz CT molecular complexity index is 889. The van der Waals surface area contributed by atoms with Crippen LogP contribution in [0.25, 0.3) is 0 Å². The first kappa shape index (κ1) is 16.6. The van der Waals surface area contributed by atoms with E-state index in [9.17, 15) is 13.2 Å². The van der Waals surface area contributed by atoms with Crippen molar-refractivity contribution in [3.8, 4) is 0 Å². The average molecular weight is 354 g/mol. The van der Waals surface area contributed by atoms with Crippen LogP contribution in [0.15, 0.2) is 73.1 Å². The maximum atomic E-state index is 12.9. The molecule has 2 nitrogen and oxygen atoms in total. The van der Waals surface area contributed by atoms with Crippen molar-refractivity contribution in [1.29, 1.82) is 0 Å². The van der Waals surface area contributed by atoms with Crippen LogP contribution in [0.4, 0.5) is 18.9 Å². The Labute approximate surface area is 149 Å². The Kier molecular flexibility index (Phi) is 4.15. The molecule has 1 aliphatic rings. The summed E-state index contributed by atoms with van der Waals surface area (Å²) in [7, 11) is 0. The number of anilines is 1. The molecule has 1 unspecified atom stereocenters. The van der Waals surface area contributed by atoms with Crippen molar-refractivity contribution in [1.82, 2.24) is 4.98 Å². The van der Waals surface area contributed by atoms with Crippen LogP contribution in [-0.4, -0.2) is 11.5 Å². The molecule has 1 aromatic heterocycles. The first-order chi connectivity index (χ1) is 12.5. The van der Waals surface area contributed by atoms with Gasteiger partial charge in [-0.1, -0.05) is 30.3 Å². The summed E-state index contributed by atoms with van der Waals surface area (Å²) in [6, 6.07) is 17.5. The lowest BCUT2D eigenvalue weighted by molar-refractivity contribution is -0.137. The zero-order valence-corrected chi connectivity index (χ0v) is 13.9. The molecule has 2 heterocycles. The standard InChI is InChI=1S/C21H17F3N2/c22-21(23,24)17-7-9-18(10-8-17)26-13-11-15-4-1-2-6-19(15)20(26)16-5-3-12-25-14-16/h1-10,12,14,20H,11,13H2. The van der Waals surface area contributed by atoms with Crippen LogP contribution >= 0.6 is 0 Å². The molecule has 1 aliphatic heterocycles. The van der Waals surface area contributed by atoms with Gasteiger partial charge in [0.25, 0.3) is 0 Å². The van der Waals surface area contributed by atoms with E-state index >= 15 is 0 Å². The van der Waals surface area contributed by atoms with Gasteiger partial charge >= 0.3 is 6.18 Å². The van der Waals surface area contributed by atoms with Crippen LogP contribution in [0, 0.1) is 0 Å². The first-order valence-corrected chi connectivity index (χ1v) is 8.46. The fourth-order valence-corrected chi connectivity index (χ4v) is 3.58. The highest BCUT2D eigenvalue weighted by molar-refractivity contribution is 5.56. The third kappa shape index (κ3) is 3.05. The van der Waals surface area contributed by atoms with Crippen LogP contribution < -0.4 is 4.90 Å². The Morgan fingerprint density at radius 2 is 1.69 bits per heavy atom. The van der Waals surface area contributed by atoms with Gasteiger partial charge < -0.3 is 4.90 Å². The zero-order valence-electron chi connectivity index (χ0n) is 13.9. The van der Waals surface area contributed by atoms with Crippen molar-refractivity contribution in [2.45, 2.75) is 18.6 Å². The van der Waals surface area contributed by atoms with E-state index in [0.29, 0.717) is 0 Å². The first-order valence-electron chi connectivity index (χ1n) is 8.46. The number of fused-ring (bicyclic) bond motifs is 1. The molecule has 0 fully saturated rings. The second-order valence-electron chi connectivity index (χ2n) is 6.38. The summed E-state index contributed by atoms with van der Waals surface area (Å²) in [4.78, 5) is 6.38. The molecule has 0 spiro atoms. The van der Waals surface area contributed by atoms with Gasteiger partial charge in [-0.05, 0) is 53.4 Å². The van der Waals surface area contributed by atoms with E-state index in [1.807, 2.05) is 30.5 Å². The molecule has 3 aromatic rings. The molecule has 0 aliphatic carbocycles. The van der Waals surface area contributed by atoms with E-state index in [-0.39, 0.29) is 6.04 Å². The lowest BCUT2D eigenvalue weighted by Crippen LogP contribution is -2.36. The van der Waals surface area contributed by atoms with Gasteiger partial charge in [-0.3, -0.25) is 4.98 Å². The number of nitrogens with zero attached hydrogens (tertiary/aromatic N) is 2. The molecule has 0 bridgehead atoms. The summed E-state index contributed by atoms with van der Waals surface area (Å²) >= 11 is 0. The molecule has 0 saturated carbocycles. The van der Waals surface area contributed by atoms with Gasteiger partial charge in [-0.2, -0.15) is 13.2 Å². The highest BCUT2D eigenvalue weighted by atomic mass is 19.4. The summed E-state index contributed by atoms with van der Waals surface area (Å²) in [5.41, 5.74) is 3.62. The summed E-state index contributed by atoms with van der Waals surface area (Å²) in [5, 5.41) is 0. The van der Waals surface area contributed by atoms with Gasteiger partial charge in [0.05, 0.1) is 11.6 Å². The predicted octanol–water partition coefficient (Wildman–Crippen LogP) is 5.25. The number of hydrogen-bond acceptors (Lipinski definition) is 2. The van der Waals surface area contributed by atoms with Crippen molar-refractivity contribution >= 4 is 5.69 Å². The minimum absolute atomic E-state index is 0.0645. The third-order valence-electron chi connectivity index (χ3n) is 4.81. The van der Waals surface area contributed by atoms with Crippen LogP contribution in [0.1, 0.15) is 28.3 Å². The van der Waals surface area contributed by atoms with Gasteiger partial charge in [0.2, 0.25) is 0 Å². The number of hydrogen-bond donors (Lipinski definition) is 0. The molecular formula is C21H17F3N2. The van der Waals surface area contributed by atoms with Crippen LogP contribution in [-0.2, 0) is 12.6 Å². The number of benzene rings is 2. The van der Waals surface area contributed by atoms with Gasteiger partial charge in [-0.15, -0.1) is 0 Å². The molecule has 26 heavy (non-hydrogen) atoms. The smallest absolute Gasteiger partial charge is 0.360 e. The molecule has 1 atom stereocenters. The number of halogens is 3. The fourth-order valence-electron chi connectivity index (χ4n) is 3.58. The van der Waals surface area contributed by atoms with E-state index in [1.165, 1.54) is 11.1 Å². The quantitative estimate of drug-likeness (QED) is 0.625. The van der Waals surface area contributed by atoms with Gasteiger partial charge in [0, 0.05) is 24.6 Å². The summed E-state index contributed by atoms with van der Waals surface area (Å²) in [6.07, 6.45) is 0.0777. The molecule has 132 valence electrons. The number of alkyl halides is 3. The fraction of sp³-hybridized carbons (Fsp3) is 0.190. The highest BCUT2D eigenvalue weighted by Crippen LogP contribution is 2.39. The van der Waals surface area contributed by atoms with Crippen molar-refractivity contribution in [2.24, 2.45) is 0 Å². The van der Waals surface area contributed by atoms with Gasteiger partial charge in [0.15, 0.2) is 0 Å². The minimum atomic E-state index is -4.32. The van der Waals surface area contributed by atoms with Crippen molar-refractivity contribution < 1.29 is 13.2 Å². The number of rotatable bonds is 2. The molecular weight excluding hydrogens is 337 g/mol. The largest absolute Gasteiger partial charge is 0.416 e. The Morgan fingerprint density at radius 1 is 0.923 bits per heavy atom. The topological polar surface area (TPSA) is 16.1 Å². The summed E-state index contributed by atoms with van der Waals surface area (Å²) < 4.78 is 38.6. The lowest BCUT2D eigenvalue weighted by Gasteiger charge is -2.39. The maximum Gasteiger partial charge on any atom is 0.416 e. The van der Waals surface area contributed by atoms with Crippen molar-refractivity contribution in [3.63, 3.8) is 0 Å². The lowest BCUT2D eigenvalue weighted by atomic mass is 9.88. The van der Waals surface area contributed by atoms with E-state index in [4.69, 9.17) is 0 Å². The van der Waals surface area contributed by atoms with Crippen LogP contribution in [0.3, 0.4) is 0 Å².